The fraction of sp³-hybridized carbons (Fsp3) is 0.471. The predicted molar refractivity (Wildman–Crippen MR) is 88.4 cm³/mol. The zero-order chi connectivity index (χ0) is 16.9. The average Bonchev–Trinajstić information content (AvgIpc) is 3.15. The lowest BCUT2D eigenvalue weighted by Crippen LogP contribution is -2.28. The van der Waals surface area contributed by atoms with Crippen LogP contribution in [0.1, 0.15) is 37.4 Å². The van der Waals surface area contributed by atoms with Crippen molar-refractivity contribution in [1.29, 1.82) is 0 Å². The summed E-state index contributed by atoms with van der Waals surface area (Å²) in [6, 6.07) is 7.36. The molecule has 1 aliphatic carbocycles. The summed E-state index contributed by atoms with van der Waals surface area (Å²) in [5, 5.41) is 6.67. The number of nitrogens with zero attached hydrogens (tertiary/aromatic N) is 2. The molecule has 0 radical (unpaired) electrons. The van der Waals surface area contributed by atoms with Crippen LogP contribution in [0.25, 0.3) is 0 Å². The van der Waals surface area contributed by atoms with Crippen LogP contribution in [0.15, 0.2) is 28.8 Å². The number of aryl methyl sites for hydroxylation is 1. The maximum absolute atomic E-state index is 12.1. The third kappa shape index (κ3) is 4.32. The highest BCUT2D eigenvalue weighted by Crippen LogP contribution is 2.27. The molecule has 1 heterocycles. The lowest BCUT2D eigenvalue weighted by Gasteiger charge is -2.14. The van der Waals surface area contributed by atoms with E-state index in [1.54, 1.807) is 19.1 Å². The molecule has 3 N–H and O–H groups in total. The summed E-state index contributed by atoms with van der Waals surface area (Å²) in [6.45, 7) is 1.97. The van der Waals surface area contributed by atoms with Gasteiger partial charge in [-0.25, -0.2) is 0 Å². The first-order valence-electron chi connectivity index (χ1n) is 8.17. The molecule has 7 heteroatoms. The summed E-state index contributed by atoms with van der Waals surface area (Å²) in [5.41, 5.74) is 6.75. The summed E-state index contributed by atoms with van der Waals surface area (Å²) in [5.74, 6) is 1.99. The number of nitrogens with two attached hydrogens (primary N) is 1. The number of carbonyl (C=O) groups excluding carboxylic acids is 1. The number of rotatable bonds is 6. The predicted octanol–water partition coefficient (Wildman–Crippen LogP) is 2.41. The minimum atomic E-state index is 0.00768. The van der Waals surface area contributed by atoms with Crippen molar-refractivity contribution in [3.05, 3.63) is 36.0 Å². The molecule has 1 fully saturated rings. The van der Waals surface area contributed by atoms with Gasteiger partial charge in [-0.1, -0.05) is 11.6 Å². The Kier molecular flexibility index (Phi) is 5.10. The van der Waals surface area contributed by atoms with Gasteiger partial charge in [0.15, 0.2) is 6.61 Å². The number of aromatic nitrogens is 2. The van der Waals surface area contributed by atoms with Crippen LogP contribution in [-0.4, -0.2) is 22.1 Å². The van der Waals surface area contributed by atoms with E-state index in [1.165, 1.54) is 0 Å². The van der Waals surface area contributed by atoms with Crippen LogP contribution in [0.4, 0.5) is 5.69 Å². The quantitative estimate of drug-likeness (QED) is 0.843. The monoisotopic (exact) mass is 330 g/mol. The van der Waals surface area contributed by atoms with Gasteiger partial charge in [-0.2, -0.15) is 4.98 Å². The van der Waals surface area contributed by atoms with Gasteiger partial charge in [0.2, 0.25) is 17.6 Å². The molecule has 1 saturated carbocycles. The van der Waals surface area contributed by atoms with Crippen molar-refractivity contribution in [1.82, 2.24) is 10.1 Å². The van der Waals surface area contributed by atoms with Crippen LogP contribution in [0.3, 0.4) is 0 Å². The van der Waals surface area contributed by atoms with Crippen LogP contribution < -0.4 is 15.8 Å². The second-order valence-electron chi connectivity index (χ2n) is 6.15. The third-order valence-corrected chi connectivity index (χ3v) is 4.24. The van der Waals surface area contributed by atoms with Gasteiger partial charge in [-0.05, 0) is 43.0 Å². The summed E-state index contributed by atoms with van der Waals surface area (Å²) >= 11 is 0. The number of carbonyl (C=O) groups is 1. The van der Waals surface area contributed by atoms with Gasteiger partial charge in [0, 0.05) is 25.1 Å². The number of amides is 1. The molecule has 0 aliphatic heterocycles. The van der Waals surface area contributed by atoms with Gasteiger partial charge >= 0.3 is 0 Å². The molecule has 0 saturated heterocycles. The number of anilines is 1. The van der Waals surface area contributed by atoms with Crippen LogP contribution in [0, 0.1) is 12.8 Å². The van der Waals surface area contributed by atoms with Crippen molar-refractivity contribution in [2.45, 2.75) is 45.3 Å². The Morgan fingerprint density at radius 1 is 1.38 bits per heavy atom. The van der Waals surface area contributed by atoms with Gasteiger partial charge < -0.3 is 20.3 Å². The summed E-state index contributed by atoms with van der Waals surface area (Å²) in [7, 11) is 0. The van der Waals surface area contributed by atoms with E-state index in [4.69, 9.17) is 15.0 Å². The fourth-order valence-electron chi connectivity index (χ4n) is 2.95. The SMILES string of the molecule is Cc1nc(COc2ccc(NC(=O)C[C@@H]3CCC[C@H]3N)cc2)no1. The number of nitrogens with one attached hydrogen (secondary N) is 1. The molecule has 2 aromatic rings. The van der Waals surface area contributed by atoms with E-state index in [2.05, 4.69) is 15.5 Å². The van der Waals surface area contributed by atoms with Crippen molar-refractivity contribution >= 4 is 11.6 Å². The van der Waals surface area contributed by atoms with Gasteiger partial charge in [0.25, 0.3) is 0 Å². The number of benzene rings is 1. The first-order valence-corrected chi connectivity index (χ1v) is 8.17. The molecule has 0 spiro atoms. The largest absolute Gasteiger partial charge is 0.485 e. The second-order valence-corrected chi connectivity index (χ2v) is 6.15. The van der Waals surface area contributed by atoms with Crippen LogP contribution in [-0.2, 0) is 11.4 Å². The van der Waals surface area contributed by atoms with Crippen molar-refractivity contribution < 1.29 is 14.1 Å². The lowest BCUT2D eigenvalue weighted by atomic mass is 10.00. The highest BCUT2D eigenvalue weighted by atomic mass is 16.5. The molecule has 3 rings (SSSR count). The Bertz CT molecular complexity index is 683. The highest BCUT2D eigenvalue weighted by Gasteiger charge is 2.25. The zero-order valence-electron chi connectivity index (χ0n) is 13.7. The van der Waals surface area contributed by atoms with E-state index in [0.717, 1.165) is 24.9 Å². The maximum Gasteiger partial charge on any atom is 0.224 e. The van der Waals surface area contributed by atoms with E-state index in [-0.39, 0.29) is 18.6 Å². The standard InChI is InChI=1S/C17H22N4O3/c1-11-19-16(21-24-11)10-23-14-7-5-13(6-8-14)20-17(22)9-12-3-2-4-15(12)18/h5-8,12,15H,2-4,9-10,18H2,1H3,(H,20,22)/t12-,15+/m0/s1. The van der Waals surface area contributed by atoms with Crippen LogP contribution in [0.2, 0.25) is 0 Å². The molecule has 1 aromatic heterocycles. The summed E-state index contributed by atoms with van der Waals surface area (Å²) < 4.78 is 10.5. The van der Waals surface area contributed by atoms with Gasteiger partial charge in [-0.3, -0.25) is 4.79 Å². The molecule has 1 amide bonds. The van der Waals surface area contributed by atoms with E-state index in [0.29, 0.717) is 29.8 Å². The van der Waals surface area contributed by atoms with E-state index in [9.17, 15) is 4.79 Å². The number of hydrogen-bond acceptors (Lipinski definition) is 6. The molecule has 128 valence electrons. The van der Waals surface area contributed by atoms with Crippen LogP contribution in [0.5, 0.6) is 5.75 Å². The average molecular weight is 330 g/mol. The smallest absolute Gasteiger partial charge is 0.224 e. The first-order chi connectivity index (χ1) is 11.6. The van der Waals surface area contributed by atoms with E-state index >= 15 is 0 Å². The number of ether oxygens (including phenoxy) is 1. The second kappa shape index (κ2) is 7.44. The first kappa shape index (κ1) is 16.4. The van der Waals surface area contributed by atoms with Gasteiger partial charge in [0.1, 0.15) is 5.75 Å². The molecule has 7 nitrogen and oxygen atoms in total. The minimum absolute atomic E-state index is 0.00768. The van der Waals surface area contributed by atoms with Crippen molar-refractivity contribution in [3.8, 4) is 5.75 Å². The third-order valence-electron chi connectivity index (χ3n) is 4.24. The van der Waals surface area contributed by atoms with Crippen LogP contribution >= 0.6 is 0 Å². The Balaban J connectivity index is 1.48. The topological polar surface area (TPSA) is 103 Å². The Labute approximate surface area is 140 Å². The molecule has 2 atom stereocenters. The molecule has 1 aliphatic rings. The Morgan fingerprint density at radius 2 is 2.17 bits per heavy atom. The molecule has 24 heavy (non-hydrogen) atoms. The lowest BCUT2D eigenvalue weighted by molar-refractivity contribution is -0.117. The van der Waals surface area contributed by atoms with Crippen molar-refractivity contribution in [2.24, 2.45) is 11.7 Å². The minimum Gasteiger partial charge on any atom is -0.485 e. The fourth-order valence-corrected chi connectivity index (χ4v) is 2.95. The number of hydrogen-bond donors (Lipinski definition) is 2. The zero-order valence-corrected chi connectivity index (χ0v) is 13.7. The molecule has 1 aromatic carbocycles. The summed E-state index contributed by atoms with van der Waals surface area (Å²) in [6.07, 6.45) is 3.66. The Morgan fingerprint density at radius 3 is 2.79 bits per heavy atom. The van der Waals surface area contributed by atoms with Crippen molar-refractivity contribution in [3.63, 3.8) is 0 Å². The summed E-state index contributed by atoms with van der Waals surface area (Å²) in [4.78, 5) is 16.2. The normalized spacial score (nSPS) is 20.1. The molecule has 0 bridgehead atoms. The highest BCUT2D eigenvalue weighted by molar-refractivity contribution is 5.90. The van der Waals surface area contributed by atoms with E-state index < -0.39 is 0 Å². The van der Waals surface area contributed by atoms with Gasteiger partial charge in [0.05, 0.1) is 0 Å². The Hall–Kier alpha value is -2.41. The van der Waals surface area contributed by atoms with E-state index in [1.807, 2.05) is 12.1 Å². The molecular weight excluding hydrogens is 308 g/mol. The molecule has 0 unspecified atom stereocenters. The van der Waals surface area contributed by atoms with Crippen molar-refractivity contribution in [2.75, 3.05) is 5.32 Å². The van der Waals surface area contributed by atoms with Gasteiger partial charge in [-0.15, -0.1) is 0 Å². The maximum atomic E-state index is 12.1. The molecular formula is C17H22N4O3.